The summed E-state index contributed by atoms with van der Waals surface area (Å²) in [4.78, 5) is 2.23. The van der Waals surface area contributed by atoms with Gasteiger partial charge in [0.25, 0.3) is 0 Å². The third-order valence-electron chi connectivity index (χ3n) is 4.35. The van der Waals surface area contributed by atoms with Gasteiger partial charge >= 0.3 is 0 Å². The summed E-state index contributed by atoms with van der Waals surface area (Å²) in [7, 11) is 0. The molecule has 0 fully saturated rings. The summed E-state index contributed by atoms with van der Waals surface area (Å²) in [6.07, 6.45) is 0. The average Bonchev–Trinajstić information content (AvgIpc) is 2.71. The molecule has 27 heavy (non-hydrogen) atoms. The van der Waals surface area contributed by atoms with E-state index in [9.17, 15) is 0 Å². The highest BCUT2D eigenvalue weighted by Gasteiger charge is 2.17. The molecule has 4 aromatic carbocycles. The average molecular weight is 351 g/mol. The molecule has 0 amide bonds. The zero-order valence-electron chi connectivity index (χ0n) is 15.2. The van der Waals surface area contributed by atoms with E-state index in [0.717, 1.165) is 28.6 Å². The highest BCUT2D eigenvalue weighted by Crippen LogP contribution is 2.41. The molecule has 0 spiro atoms. The Hall–Kier alpha value is -3.52. The number of hydrogen-bond donors (Lipinski definition) is 0. The quantitative estimate of drug-likeness (QED) is 0.375. The molecule has 0 unspecified atom stereocenters. The van der Waals surface area contributed by atoms with Crippen LogP contribution in [0.1, 0.15) is 5.56 Å². The van der Waals surface area contributed by atoms with Crippen molar-refractivity contribution in [2.45, 2.75) is 6.92 Å². The van der Waals surface area contributed by atoms with Crippen LogP contribution in [-0.2, 0) is 0 Å². The fourth-order valence-corrected chi connectivity index (χ4v) is 3.12. The van der Waals surface area contributed by atoms with Crippen molar-refractivity contribution in [3.63, 3.8) is 0 Å². The van der Waals surface area contributed by atoms with E-state index in [-0.39, 0.29) is 0 Å². The summed E-state index contributed by atoms with van der Waals surface area (Å²) >= 11 is 0. The van der Waals surface area contributed by atoms with Gasteiger partial charge in [-0.25, -0.2) is 0 Å². The molecule has 0 bridgehead atoms. The fourth-order valence-electron chi connectivity index (χ4n) is 3.12. The predicted molar refractivity (Wildman–Crippen MR) is 112 cm³/mol. The smallest absolute Gasteiger partial charge is 0.151 e. The second-order valence-corrected chi connectivity index (χ2v) is 6.39. The molecular weight excluding hydrogens is 330 g/mol. The van der Waals surface area contributed by atoms with Crippen molar-refractivity contribution < 1.29 is 4.74 Å². The Morgan fingerprint density at radius 2 is 1.22 bits per heavy atom. The Morgan fingerprint density at radius 1 is 0.593 bits per heavy atom. The number of nitrogens with zero attached hydrogens (tertiary/aromatic N) is 1. The van der Waals surface area contributed by atoms with Gasteiger partial charge in [-0.3, -0.25) is 0 Å². The van der Waals surface area contributed by atoms with E-state index >= 15 is 0 Å². The number of anilines is 3. The van der Waals surface area contributed by atoms with Gasteiger partial charge in [0, 0.05) is 11.4 Å². The standard InChI is InChI=1S/C25H21NO/c1-20-11-10-14-22(19-20)26(21-12-4-2-5-13-21)24-17-8-9-18-25(24)27-23-15-6-3-7-16-23/h2-19H,1H3. The summed E-state index contributed by atoms with van der Waals surface area (Å²) < 4.78 is 6.22. The van der Waals surface area contributed by atoms with E-state index in [0.29, 0.717) is 0 Å². The van der Waals surface area contributed by atoms with Crippen LogP contribution in [0.3, 0.4) is 0 Å². The van der Waals surface area contributed by atoms with Gasteiger partial charge in [0.2, 0.25) is 0 Å². The molecule has 0 saturated carbocycles. The normalized spacial score (nSPS) is 10.4. The van der Waals surface area contributed by atoms with Crippen LogP contribution in [0.2, 0.25) is 0 Å². The number of para-hydroxylation sites is 4. The molecular formula is C25H21NO. The molecule has 0 aliphatic heterocycles. The molecule has 2 nitrogen and oxygen atoms in total. The lowest BCUT2D eigenvalue weighted by Crippen LogP contribution is -2.11. The molecule has 0 heterocycles. The maximum atomic E-state index is 6.22. The molecule has 0 radical (unpaired) electrons. The molecule has 4 rings (SSSR count). The first-order valence-electron chi connectivity index (χ1n) is 9.05. The summed E-state index contributed by atoms with van der Waals surface area (Å²) in [5.74, 6) is 1.64. The third kappa shape index (κ3) is 3.85. The Kier molecular flexibility index (Phi) is 4.88. The Labute approximate surface area is 160 Å². The highest BCUT2D eigenvalue weighted by atomic mass is 16.5. The minimum absolute atomic E-state index is 0.814. The van der Waals surface area contributed by atoms with Crippen LogP contribution in [-0.4, -0.2) is 0 Å². The van der Waals surface area contributed by atoms with Crippen LogP contribution >= 0.6 is 0 Å². The summed E-state index contributed by atoms with van der Waals surface area (Å²) in [5.41, 5.74) is 4.41. The van der Waals surface area contributed by atoms with E-state index in [1.807, 2.05) is 54.6 Å². The fraction of sp³-hybridized carbons (Fsp3) is 0.0400. The monoisotopic (exact) mass is 351 g/mol. The summed E-state index contributed by atoms with van der Waals surface area (Å²) in [6, 6.07) is 36.9. The lowest BCUT2D eigenvalue weighted by Gasteiger charge is -2.27. The van der Waals surface area contributed by atoms with Crippen molar-refractivity contribution in [1.29, 1.82) is 0 Å². The molecule has 0 N–H and O–H groups in total. The van der Waals surface area contributed by atoms with Crippen LogP contribution < -0.4 is 9.64 Å². The van der Waals surface area contributed by atoms with Crippen LogP contribution in [0, 0.1) is 6.92 Å². The van der Waals surface area contributed by atoms with Gasteiger partial charge in [0.1, 0.15) is 5.75 Å². The van der Waals surface area contributed by atoms with E-state index in [4.69, 9.17) is 4.74 Å². The molecule has 0 aliphatic rings. The first-order chi connectivity index (χ1) is 13.3. The minimum atomic E-state index is 0.814. The van der Waals surface area contributed by atoms with Gasteiger partial charge < -0.3 is 9.64 Å². The third-order valence-corrected chi connectivity index (χ3v) is 4.35. The number of hydrogen-bond acceptors (Lipinski definition) is 2. The van der Waals surface area contributed by atoms with Crippen LogP contribution in [0.4, 0.5) is 17.1 Å². The van der Waals surface area contributed by atoms with Crippen molar-refractivity contribution in [1.82, 2.24) is 0 Å². The second-order valence-electron chi connectivity index (χ2n) is 6.39. The number of ether oxygens (including phenoxy) is 1. The molecule has 132 valence electrons. The van der Waals surface area contributed by atoms with Gasteiger partial charge in [-0.05, 0) is 61.0 Å². The van der Waals surface area contributed by atoms with Gasteiger partial charge in [-0.15, -0.1) is 0 Å². The Bertz CT molecular complexity index is 1010. The second kappa shape index (κ2) is 7.79. The van der Waals surface area contributed by atoms with Crippen LogP contribution in [0.25, 0.3) is 0 Å². The SMILES string of the molecule is Cc1cccc(N(c2ccccc2)c2ccccc2Oc2ccccc2)c1. The molecule has 0 aromatic heterocycles. The summed E-state index contributed by atoms with van der Waals surface area (Å²) in [5, 5.41) is 0. The molecule has 0 saturated heterocycles. The largest absolute Gasteiger partial charge is 0.455 e. The molecule has 0 atom stereocenters. The molecule has 0 aliphatic carbocycles. The van der Waals surface area contributed by atoms with E-state index in [1.54, 1.807) is 0 Å². The van der Waals surface area contributed by atoms with Crippen molar-refractivity contribution in [3.05, 3.63) is 115 Å². The predicted octanol–water partition coefficient (Wildman–Crippen LogP) is 7.26. The van der Waals surface area contributed by atoms with Gasteiger partial charge in [-0.1, -0.05) is 60.7 Å². The summed E-state index contributed by atoms with van der Waals surface area (Å²) in [6.45, 7) is 2.11. The van der Waals surface area contributed by atoms with Gasteiger partial charge in [0.05, 0.1) is 5.69 Å². The maximum absolute atomic E-state index is 6.22. The topological polar surface area (TPSA) is 12.5 Å². The van der Waals surface area contributed by atoms with E-state index in [1.165, 1.54) is 5.56 Å². The molecule has 4 aromatic rings. The molecule has 2 heteroatoms. The first kappa shape index (κ1) is 16.9. The lowest BCUT2D eigenvalue weighted by atomic mass is 10.1. The van der Waals surface area contributed by atoms with E-state index < -0.39 is 0 Å². The van der Waals surface area contributed by atoms with Crippen LogP contribution in [0.15, 0.2) is 109 Å². The van der Waals surface area contributed by atoms with E-state index in [2.05, 4.69) is 66.4 Å². The number of aryl methyl sites for hydroxylation is 1. The minimum Gasteiger partial charge on any atom is -0.455 e. The van der Waals surface area contributed by atoms with Gasteiger partial charge in [-0.2, -0.15) is 0 Å². The Morgan fingerprint density at radius 3 is 1.96 bits per heavy atom. The lowest BCUT2D eigenvalue weighted by molar-refractivity contribution is 0.484. The zero-order valence-corrected chi connectivity index (χ0v) is 15.2. The van der Waals surface area contributed by atoms with Gasteiger partial charge in [0.15, 0.2) is 5.75 Å². The van der Waals surface area contributed by atoms with Crippen molar-refractivity contribution in [2.75, 3.05) is 4.90 Å². The van der Waals surface area contributed by atoms with Crippen LogP contribution in [0.5, 0.6) is 11.5 Å². The first-order valence-corrected chi connectivity index (χ1v) is 9.05. The highest BCUT2D eigenvalue weighted by molar-refractivity contribution is 5.80. The zero-order chi connectivity index (χ0) is 18.5. The number of rotatable bonds is 5. The van der Waals surface area contributed by atoms with Crippen molar-refractivity contribution in [2.24, 2.45) is 0 Å². The maximum Gasteiger partial charge on any atom is 0.151 e. The Balaban J connectivity index is 1.84. The van der Waals surface area contributed by atoms with Crippen molar-refractivity contribution >= 4 is 17.1 Å². The van der Waals surface area contributed by atoms with Crippen molar-refractivity contribution in [3.8, 4) is 11.5 Å². The number of benzene rings is 4.